The maximum absolute atomic E-state index is 6.60. The quantitative estimate of drug-likeness (QED) is 0.654. The van der Waals surface area contributed by atoms with Crippen LogP contribution in [0.2, 0.25) is 0 Å². The van der Waals surface area contributed by atoms with Gasteiger partial charge in [-0.2, -0.15) is 0 Å². The number of benzene rings is 3. The number of rotatable bonds is 5. The Kier molecular flexibility index (Phi) is 4.94. The van der Waals surface area contributed by atoms with Crippen molar-refractivity contribution in [3.63, 3.8) is 0 Å². The van der Waals surface area contributed by atoms with Gasteiger partial charge in [0.15, 0.2) is 0 Å². The average molecular weight is 305 g/mol. The predicted octanol–water partition coefficient (Wildman–Crippen LogP) is 5.22. The lowest BCUT2D eigenvalue weighted by Gasteiger charge is -2.24. The lowest BCUT2D eigenvalue weighted by molar-refractivity contribution is 0.705. The first-order valence-corrected chi connectivity index (χ1v) is 8.30. The zero-order chi connectivity index (χ0) is 15.2. The molecule has 0 radical (unpaired) electrons. The molecule has 0 aliphatic rings. The number of nitrogens with two attached hydrogens (primary N) is 1. The SMILES string of the molecule is N[C@@H](c1ccccc1)[C@H](Sc1ccccc1)c1ccccc1. The third kappa shape index (κ3) is 3.59. The summed E-state index contributed by atoms with van der Waals surface area (Å²) in [7, 11) is 0. The van der Waals surface area contributed by atoms with E-state index in [0.29, 0.717) is 0 Å². The van der Waals surface area contributed by atoms with Crippen LogP contribution in [0.5, 0.6) is 0 Å². The van der Waals surface area contributed by atoms with Gasteiger partial charge in [0.25, 0.3) is 0 Å². The third-order valence-corrected chi connectivity index (χ3v) is 5.01. The van der Waals surface area contributed by atoms with Crippen LogP contribution in [-0.2, 0) is 0 Å². The summed E-state index contributed by atoms with van der Waals surface area (Å²) in [5.41, 5.74) is 9.02. The number of thioether (sulfide) groups is 1. The highest BCUT2D eigenvalue weighted by molar-refractivity contribution is 7.99. The van der Waals surface area contributed by atoms with Crippen LogP contribution in [0.25, 0.3) is 0 Å². The molecule has 0 aromatic heterocycles. The van der Waals surface area contributed by atoms with E-state index in [2.05, 4.69) is 60.7 Å². The van der Waals surface area contributed by atoms with Gasteiger partial charge in [-0.15, -0.1) is 11.8 Å². The van der Waals surface area contributed by atoms with Crippen molar-refractivity contribution in [2.45, 2.75) is 16.2 Å². The highest BCUT2D eigenvalue weighted by Crippen LogP contribution is 2.42. The molecule has 3 rings (SSSR count). The predicted molar refractivity (Wildman–Crippen MR) is 94.9 cm³/mol. The van der Waals surface area contributed by atoms with Crippen LogP contribution in [0.4, 0.5) is 0 Å². The van der Waals surface area contributed by atoms with Gasteiger partial charge in [0.1, 0.15) is 0 Å². The van der Waals surface area contributed by atoms with Crippen molar-refractivity contribution in [3.05, 3.63) is 102 Å². The van der Waals surface area contributed by atoms with E-state index in [1.165, 1.54) is 16.0 Å². The Bertz CT molecular complexity index is 683. The maximum Gasteiger partial charge on any atom is 0.0537 e. The Morgan fingerprint density at radius 2 is 1.05 bits per heavy atom. The highest BCUT2D eigenvalue weighted by atomic mass is 32.2. The van der Waals surface area contributed by atoms with Gasteiger partial charge in [0.05, 0.1) is 5.25 Å². The Morgan fingerprint density at radius 3 is 1.59 bits per heavy atom. The van der Waals surface area contributed by atoms with Crippen molar-refractivity contribution in [2.24, 2.45) is 5.73 Å². The highest BCUT2D eigenvalue weighted by Gasteiger charge is 2.22. The van der Waals surface area contributed by atoms with E-state index in [-0.39, 0.29) is 11.3 Å². The molecular formula is C20H19NS. The normalized spacial score (nSPS) is 13.5. The molecule has 0 fully saturated rings. The van der Waals surface area contributed by atoms with E-state index in [1.54, 1.807) is 0 Å². The van der Waals surface area contributed by atoms with E-state index < -0.39 is 0 Å². The molecule has 0 saturated carbocycles. The largest absolute Gasteiger partial charge is 0.323 e. The number of hydrogen-bond acceptors (Lipinski definition) is 2. The summed E-state index contributed by atoms with van der Waals surface area (Å²) >= 11 is 1.82. The first kappa shape index (κ1) is 14.9. The van der Waals surface area contributed by atoms with E-state index in [1.807, 2.05) is 42.1 Å². The summed E-state index contributed by atoms with van der Waals surface area (Å²) in [4.78, 5) is 1.24. The standard InChI is InChI=1S/C20H19NS/c21-19(16-10-4-1-5-11-16)20(17-12-6-2-7-13-17)22-18-14-8-3-9-15-18/h1-15,19-20H,21H2/t19-,20+/m0/s1. The van der Waals surface area contributed by atoms with Gasteiger partial charge < -0.3 is 5.73 Å². The monoisotopic (exact) mass is 305 g/mol. The topological polar surface area (TPSA) is 26.0 Å². The second kappa shape index (κ2) is 7.30. The van der Waals surface area contributed by atoms with Gasteiger partial charge in [-0.25, -0.2) is 0 Å². The van der Waals surface area contributed by atoms with Crippen LogP contribution in [0.15, 0.2) is 95.9 Å². The minimum Gasteiger partial charge on any atom is -0.323 e. The minimum absolute atomic E-state index is 0.0474. The molecule has 2 N–H and O–H groups in total. The summed E-state index contributed by atoms with van der Waals surface area (Å²) in [5.74, 6) is 0. The van der Waals surface area contributed by atoms with Crippen LogP contribution < -0.4 is 5.73 Å². The molecule has 2 atom stereocenters. The molecule has 0 bridgehead atoms. The first-order chi connectivity index (χ1) is 10.8. The molecular weight excluding hydrogens is 286 g/mol. The lowest BCUT2D eigenvalue weighted by Crippen LogP contribution is -2.17. The molecule has 0 aliphatic carbocycles. The second-order valence-corrected chi connectivity index (χ2v) is 6.41. The van der Waals surface area contributed by atoms with Crippen LogP contribution >= 0.6 is 11.8 Å². The maximum atomic E-state index is 6.60. The fourth-order valence-electron chi connectivity index (χ4n) is 2.49. The Balaban J connectivity index is 1.93. The first-order valence-electron chi connectivity index (χ1n) is 7.42. The van der Waals surface area contributed by atoms with E-state index >= 15 is 0 Å². The Hall–Kier alpha value is -2.03. The smallest absolute Gasteiger partial charge is 0.0537 e. The fraction of sp³-hybridized carbons (Fsp3) is 0.100. The molecule has 0 aliphatic heterocycles. The summed E-state index contributed by atoms with van der Waals surface area (Å²) in [6, 6.07) is 31.2. The van der Waals surface area contributed by atoms with Crippen molar-refractivity contribution >= 4 is 11.8 Å². The second-order valence-electron chi connectivity index (χ2n) is 5.20. The van der Waals surface area contributed by atoms with E-state index in [4.69, 9.17) is 5.73 Å². The average Bonchev–Trinajstić information content (AvgIpc) is 2.61. The van der Waals surface area contributed by atoms with Gasteiger partial charge in [0.2, 0.25) is 0 Å². The molecule has 2 heteroatoms. The summed E-state index contributed by atoms with van der Waals surface area (Å²) < 4.78 is 0. The van der Waals surface area contributed by atoms with Crippen LogP contribution in [0.1, 0.15) is 22.4 Å². The molecule has 3 aromatic carbocycles. The van der Waals surface area contributed by atoms with E-state index in [9.17, 15) is 0 Å². The van der Waals surface area contributed by atoms with Gasteiger partial charge in [0, 0.05) is 10.9 Å². The molecule has 0 amide bonds. The van der Waals surface area contributed by atoms with Crippen molar-refractivity contribution in [3.8, 4) is 0 Å². The molecule has 110 valence electrons. The minimum atomic E-state index is -0.0474. The lowest BCUT2D eigenvalue weighted by atomic mass is 9.99. The van der Waals surface area contributed by atoms with Gasteiger partial charge in [-0.3, -0.25) is 0 Å². The molecule has 1 nitrogen and oxygen atoms in total. The molecule has 22 heavy (non-hydrogen) atoms. The summed E-state index contributed by atoms with van der Waals surface area (Å²) in [6.07, 6.45) is 0. The fourth-order valence-corrected chi connectivity index (χ4v) is 3.69. The molecule has 0 spiro atoms. The van der Waals surface area contributed by atoms with Crippen LogP contribution in [0, 0.1) is 0 Å². The summed E-state index contributed by atoms with van der Waals surface area (Å²) in [6.45, 7) is 0. The molecule has 0 saturated heterocycles. The molecule has 3 aromatic rings. The zero-order valence-electron chi connectivity index (χ0n) is 12.3. The zero-order valence-corrected chi connectivity index (χ0v) is 13.1. The van der Waals surface area contributed by atoms with Crippen molar-refractivity contribution < 1.29 is 0 Å². The van der Waals surface area contributed by atoms with Crippen molar-refractivity contribution in [2.75, 3.05) is 0 Å². The van der Waals surface area contributed by atoms with Gasteiger partial charge in [-0.05, 0) is 23.3 Å². The van der Waals surface area contributed by atoms with Crippen molar-refractivity contribution in [1.82, 2.24) is 0 Å². The van der Waals surface area contributed by atoms with Crippen molar-refractivity contribution in [1.29, 1.82) is 0 Å². The van der Waals surface area contributed by atoms with E-state index in [0.717, 1.165) is 0 Å². The van der Waals surface area contributed by atoms with Crippen LogP contribution in [-0.4, -0.2) is 0 Å². The van der Waals surface area contributed by atoms with Gasteiger partial charge >= 0.3 is 0 Å². The Morgan fingerprint density at radius 1 is 0.591 bits per heavy atom. The molecule has 0 unspecified atom stereocenters. The Labute approximate surface area is 136 Å². The number of hydrogen-bond donors (Lipinski definition) is 1. The third-order valence-electron chi connectivity index (χ3n) is 3.65. The van der Waals surface area contributed by atoms with Crippen LogP contribution in [0.3, 0.4) is 0 Å². The summed E-state index contributed by atoms with van der Waals surface area (Å²) in [5, 5.41) is 0.186. The van der Waals surface area contributed by atoms with Gasteiger partial charge in [-0.1, -0.05) is 78.9 Å². The molecule has 0 heterocycles.